The standard InChI is InChI=1S/C21H24ClFN2O4S/c1-14(15-3-6-18(23)7-4-15)24-21(26)16-9-11-25(12-10-16)30(27,28)20-13-17(22)5-8-19(20)29-2/h3-8,13-14,16H,9-12H2,1-2H3,(H,24,26). The summed E-state index contributed by atoms with van der Waals surface area (Å²) < 4.78 is 45.7. The largest absolute Gasteiger partial charge is 0.495 e. The predicted octanol–water partition coefficient (Wildman–Crippen LogP) is 3.77. The van der Waals surface area contributed by atoms with Crippen molar-refractivity contribution in [1.82, 2.24) is 9.62 Å². The van der Waals surface area contributed by atoms with Crippen molar-refractivity contribution in [2.24, 2.45) is 5.92 Å². The van der Waals surface area contributed by atoms with E-state index in [4.69, 9.17) is 16.3 Å². The molecule has 1 heterocycles. The highest BCUT2D eigenvalue weighted by molar-refractivity contribution is 7.89. The number of methoxy groups -OCH3 is 1. The molecule has 30 heavy (non-hydrogen) atoms. The molecule has 2 aromatic rings. The first-order valence-corrected chi connectivity index (χ1v) is 11.4. The Morgan fingerprint density at radius 2 is 1.83 bits per heavy atom. The van der Waals surface area contributed by atoms with E-state index in [1.54, 1.807) is 18.2 Å². The van der Waals surface area contributed by atoms with Crippen LogP contribution in [-0.4, -0.2) is 38.8 Å². The fraction of sp³-hybridized carbons (Fsp3) is 0.381. The van der Waals surface area contributed by atoms with Crippen molar-refractivity contribution < 1.29 is 22.3 Å². The SMILES string of the molecule is COc1ccc(Cl)cc1S(=O)(=O)N1CCC(C(=O)NC(C)c2ccc(F)cc2)CC1. The van der Waals surface area contributed by atoms with Gasteiger partial charge in [0.05, 0.1) is 13.2 Å². The van der Waals surface area contributed by atoms with Gasteiger partial charge in [-0.2, -0.15) is 4.31 Å². The molecule has 3 rings (SSSR count). The normalized spacial score (nSPS) is 16.8. The molecule has 162 valence electrons. The summed E-state index contributed by atoms with van der Waals surface area (Å²) in [6.45, 7) is 2.28. The molecule has 1 amide bonds. The molecule has 1 fully saturated rings. The summed E-state index contributed by atoms with van der Waals surface area (Å²) in [7, 11) is -2.39. The topological polar surface area (TPSA) is 75.7 Å². The summed E-state index contributed by atoms with van der Waals surface area (Å²) in [6, 6.07) is 10.2. The zero-order valence-electron chi connectivity index (χ0n) is 16.8. The highest BCUT2D eigenvalue weighted by Crippen LogP contribution is 2.32. The van der Waals surface area contributed by atoms with Gasteiger partial charge in [-0.05, 0) is 55.7 Å². The number of amides is 1. The maximum atomic E-state index is 13.1. The number of halogens is 2. The van der Waals surface area contributed by atoms with Crippen molar-refractivity contribution in [3.05, 3.63) is 58.9 Å². The Morgan fingerprint density at radius 1 is 1.20 bits per heavy atom. The smallest absolute Gasteiger partial charge is 0.246 e. The Bertz CT molecular complexity index is 1010. The third-order valence-corrected chi connectivity index (χ3v) is 7.45. The van der Waals surface area contributed by atoms with Crippen LogP contribution in [0.3, 0.4) is 0 Å². The van der Waals surface area contributed by atoms with Crippen molar-refractivity contribution in [2.45, 2.75) is 30.7 Å². The molecule has 1 aliphatic heterocycles. The molecular formula is C21H24ClFN2O4S. The van der Waals surface area contributed by atoms with E-state index >= 15 is 0 Å². The Labute approximate surface area is 181 Å². The zero-order chi connectivity index (χ0) is 21.9. The first-order chi connectivity index (χ1) is 14.2. The molecule has 0 aliphatic carbocycles. The summed E-state index contributed by atoms with van der Waals surface area (Å²) in [5, 5.41) is 3.23. The maximum Gasteiger partial charge on any atom is 0.246 e. The maximum absolute atomic E-state index is 13.1. The number of hydrogen-bond acceptors (Lipinski definition) is 4. The van der Waals surface area contributed by atoms with Gasteiger partial charge in [-0.3, -0.25) is 4.79 Å². The summed E-state index contributed by atoms with van der Waals surface area (Å²) in [5.74, 6) is -0.528. The lowest BCUT2D eigenvalue weighted by Gasteiger charge is -2.31. The van der Waals surface area contributed by atoms with Crippen LogP contribution in [0.4, 0.5) is 4.39 Å². The van der Waals surface area contributed by atoms with Crippen LogP contribution < -0.4 is 10.1 Å². The Hall–Kier alpha value is -2.16. The van der Waals surface area contributed by atoms with Gasteiger partial charge >= 0.3 is 0 Å². The van der Waals surface area contributed by atoms with Crippen LogP contribution in [0.25, 0.3) is 0 Å². The zero-order valence-corrected chi connectivity index (χ0v) is 18.3. The summed E-state index contributed by atoms with van der Waals surface area (Å²) in [5.41, 5.74) is 0.804. The van der Waals surface area contributed by atoms with Gasteiger partial charge in [0.1, 0.15) is 16.5 Å². The van der Waals surface area contributed by atoms with E-state index in [1.165, 1.54) is 35.7 Å². The van der Waals surface area contributed by atoms with Crippen molar-refractivity contribution in [3.8, 4) is 5.75 Å². The van der Waals surface area contributed by atoms with E-state index in [0.717, 1.165) is 5.56 Å². The number of sulfonamides is 1. The number of nitrogens with one attached hydrogen (secondary N) is 1. The minimum Gasteiger partial charge on any atom is -0.495 e. The molecule has 0 radical (unpaired) electrons. The molecule has 1 atom stereocenters. The van der Waals surface area contributed by atoms with E-state index in [9.17, 15) is 17.6 Å². The minimum atomic E-state index is -3.79. The molecule has 2 aromatic carbocycles. The van der Waals surface area contributed by atoms with Crippen LogP contribution in [0.1, 0.15) is 31.4 Å². The second-order valence-corrected chi connectivity index (χ2v) is 9.60. The van der Waals surface area contributed by atoms with Crippen LogP contribution in [0, 0.1) is 11.7 Å². The average molecular weight is 455 g/mol. The van der Waals surface area contributed by atoms with E-state index in [-0.39, 0.29) is 47.4 Å². The fourth-order valence-corrected chi connectivity index (χ4v) is 5.40. The van der Waals surface area contributed by atoms with Gasteiger partial charge in [0.15, 0.2) is 0 Å². The number of benzene rings is 2. The molecule has 9 heteroatoms. The third-order valence-electron chi connectivity index (χ3n) is 5.30. The predicted molar refractivity (Wildman–Crippen MR) is 112 cm³/mol. The lowest BCUT2D eigenvalue weighted by atomic mass is 9.96. The van der Waals surface area contributed by atoms with Crippen LogP contribution in [0.15, 0.2) is 47.4 Å². The first-order valence-electron chi connectivity index (χ1n) is 9.62. The van der Waals surface area contributed by atoms with Gasteiger partial charge in [0.25, 0.3) is 0 Å². The number of nitrogens with zero attached hydrogens (tertiary/aromatic N) is 1. The molecule has 1 aliphatic rings. The number of hydrogen-bond donors (Lipinski definition) is 1. The molecule has 0 spiro atoms. The average Bonchev–Trinajstić information content (AvgIpc) is 2.74. The van der Waals surface area contributed by atoms with Gasteiger partial charge < -0.3 is 10.1 Å². The van der Waals surface area contributed by atoms with Crippen LogP contribution in [-0.2, 0) is 14.8 Å². The highest BCUT2D eigenvalue weighted by atomic mass is 35.5. The Morgan fingerprint density at radius 3 is 2.43 bits per heavy atom. The molecule has 0 saturated carbocycles. The van der Waals surface area contributed by atoms with Crippen LogP contribution in [0.2, 0.25) is 5.02 Å². The molecule has 0 bridgehead atoms. The Balaban J connectivity index is 1.63. The lowest BCUT2D eigenvalue weighted by molar-refractivity contribution is -0.126. The van der Waals surface area contributed by atoms with E-state index < -0.39 is 10.0 Å². The summed E-state index contributed by atoms with van der Waals surface area (Å²) in [4.78, 5) is 12.6. The quantitative estimate of drug-likeness (QED) is 0.721. The highest BCUT2D eigenvalue weighted by Gasteiger charge is 2.34. The van der Waals surface area contributed by atoms with E-state index in [2.05, 4.69) is 5.32 Å². The van der Waals surface area contributed by atoms with Crippen molar-refractivity contribution >= 4 is 27.5 Å². The fourth-order valence-electron chi connectivity index (χ4n) is 3.52. The van der Waals surface area contributed by atoms with Gasteiger partial charge in [0.2, 0.25) is 15.9 Å². The van der Waals surface area contributed by atoms with Crippen LogP contribution >= 0.6 is 11.6 Å². The van der Waals surface area contributed by atoms with Crippen molar-refractivity contribution in [3.63, 3.8) is 0 Å². The third kappa shape index (κ3) is 4.94. The lowest BCUT2D eigenvalue weighted by Crippen LogP contribution is -2.43. The monoisotopic (exact) mass is 454 g/mol. The van der Waals surface area contributed by atoms with Gasteiger partial charge in [-0.1, -0.05) is 23.7 Å². The minimum absolute atomic E-state index is 0.0188. The number of carbonyl (C=O) groups is 1. The summed E-state index contributed by atoms with van der Waals surface area (Å²) >= 11 is 5.98. The van der Waals surface area contributed by atoms with Gasteiger partial charge in [-0.15, -0.1) is 0 Å². The second-order valence-electron chi connectivity index (χ2n) is 7.26. The molecule has 1 saturated heterocycles. The number of piperidine rings is 1. The molecule has 0 aromatic heterocycles. The molecule has 1 N–H and O–H groups in total. The Kier molecular flexibility index (Phi) is 7.00. The first kappa shape index (κ1) is 22.5. The van der Waals surface area contributed by atoms with Gasteiger partial charge in [0, 0.05) is 24.0 Å². The second kappa shape index (κ2) is 9.32. The molecule has 1 unspecified atom stereocenters. The summed E-state index contributed by atoms with van der Waals surface area (Å²) in [6.07, 6.45) is 0.814. The van der Waals surface area contributed by atoms with E-state index in [0.29, 0.717) is 17.9 Å². The number of rotatable bonds is 6. The van der Waals surface area contributed by atoms with Crippen molar-refractivity contribution in [1.29, 1.82) is 0 Å². The van der Waals surface area contributed by atoms with Gasteiger partial charge in [-0.25, -0.2) is 12.8 Å². The van der Waals surface area contributed by atoms with E-state index in [1.807, 2.05) is 6.92 Å². The molecule has 6 nitrogen and oxygen atoms in total. The van der Waals surface area contributed by atoms with Crippen molar-refractivity contribution in [2.75, 3.05) is 20.2 Å². The number of ether oxygens (including phenoxy) is 1. The van der Waals surface area contributed by atoms with Crippen LogP contribution in [0.5, 0.6) is 5.75 Å². The number of carbonyl (C=O) groups excluding carboxylic acids is 1. The molecular weight excluding hydrogens is 431 g/mol.